The molecule has 3 amide bonds. The Morgan fingerprint density at radius 3 is 2.51 bits per heavy atom. The lowest BCUT2D eigenvalue weighted by Gasteiger charge is -2.33. The second-order valence-electron chi connectivity index (χ2n) is 8.80. The molecule has 4 heterocycles. The molecule has 0 atom stereocenters. The summed E-state index contributed by atoms with van der Waals surface area (Å²) < 4.78 is 5.90. The maximum absolute atomic E-state index is 13.1. The highest BCUT2D eigenvalue weighted by molar-refractivity contribution is 7.18. The molecule has 37 heavy (non-hydrogen) atoms. The topological polar surface area (TPSA) is 109 Å². The van der Waals surface area contributed by atoms with Gasteiger partial charge in [0, 0.05) is 31.2 Å². The Bertz CT molecular complexity index is 1350. The quantitative estimate of drug-likeness (QED) is 0.356. The van der Waals surface area contributed by atoms with Crippen LogP contribution in [0, 0.1) is 5.92 Å². The van der Waals surface area contributed by atoms with Gasteiger partial charge >= 0.3 is 5.97 Å². The molecular weight excluding hydrogens is 516 g/mol. The lowest BCUT2D eigenvalue weighted by atomic mass is 9.97. The van der Waals surface area contributed by atoms with Gasteiger partial charge in [-0.2, -0.15) is 0 Å². The number of aromatic nitrogens is 1. The number of fused-ring (bicyclic) bond motifs is 1. The summed E-state index contributed by atoms with van der Waals surface area (Å²) in [4.78, 5) is 58.6. The third kappa shape index (κ3) is 5.35. The van der Waals surface area contributed by atoms with Crippen molar-refractivity contribution in [2.24, 2.45) is 5.92 Å². The first kappa shape index (κ1) is 24.9. The van der Waals surface area contributed by atoms with Gasteiger partial charge in [-0.05, 0) is 55.2 Å². The number of hydrogen-bond acceptors (Lipinski definition) is 8. The average molecular weight is 539 g/mol. The first-order valence-corrected chi connectivity index (χ1v) is 13.0. The van der Waals surface area contributed by atoms with E-state index >= 15 is 0 Å². The van der Waals surface area contributed by atoms with Gasteiger partial charge in [0.15, 0.2) is 0 Å². The van der Waals surface area contributed by atoms with E-state index in [1.165, 1.54) is 12.1 Å². The highest BCUT2D eigenvalue weighted by Crippen LogP contribution is 2.31. The Balaban J connectivity index is 1.16. The standard InChI is InChI=1S/C26H23ClN4O5S/c27-21-5-4-20(37-21)24(33)29-19-3-1-2-18-23(19)26(35)31(25(18)34)14-22(32)36-15-16-8-12-30(13-9-16)17-6-10-28-11-7-17/h1-7,10-11,16H,8-9,12-15H2,(H,29,33). The summed E-state index contributed by atoms with van der Waals surface area (Å²) in [5.41, 5.74) is 1.50. The first-order chi connectivity index (χ1) is 17.9. The number of imide groups is 1. The number of esters is 1. The average Bonchev–Trinajstić information content (AvgIpc) is 3.46. The molecule has 2 aromatic heterocycles. The number of amides is 3. The van der Waals surface area contributed by atoms with Crippen molar-refractivity contribution < 1.29 is 23.9 Å². The number of benzene rings is 1. The number of pyridine rings is 1. The molecule has 9 nitrogen and oxygen atoms in total. The molecule has 190 valence electrons. The Hall–Kier alpha value is -3.76. The molecule has 1 fully saturated rings. The lowest BCUT2D eigenvalue weighted by molar-refractivity contribution is -0.145. The second-order valence-corrected chi connectivity index (χ2v) is 10.5. The van der Waals surface area contributed by atoms with Crippen LogP contribution in [0.4, 0.5) is 11.4 Å². The fourth-order valence-corrected chi connectivity index (χ4v) is 5.44. The summed E-state index contributed by atoms with van der Waals surface area (Å²) in [6, 6.07) is 11.7. The normalized spacial score (nSPS) is 15.6. The van der Waals surface area contributed by atoms with Crippen molar-refractivity contribution in [3.8, 4) is 0 Å². The van der Waals surface area contributed by atoms with Crippen molar-refractivity contribution in [2.45, 2.75) is 12.8 Å². The van der Waals surface area contributed by atoms with Crippen molar-refractivity contribution in [1.82, 2.24) is 9.88 Å². The van der Waals surface area contributed by atoms with Gasteiger partial charge in [0.1, 0.15) is 6.54 Å². The zero-order chi connectivity index (χ0) is 25.9. The molecule has 2 aliphatic heterocycles. The maximum Gasteiger partial charge on any atom is 0.326 e. The summed E-state index contributed by atoms with van der Waals surface area (Å²) in [6.45, 7) is 1.43. The predicted molar refractivity (Wildman–Crippen MR) is 139 cm³/mol. The first-order valence-electron chi connectivity index (χ1n) is 11.8. The summed E-state index contributed by atoms with van der Waals surface area (Å²) in [5, 5.41) is 2.67. The van der Waals surface area contributed by atoms with Crippen LogP contribution < -0.4 is 10.2 Å². The maximum atomic E-state index is 13.1. The Labute approximate surface area is 222 Å². The van der Waals surface area contributed by atoms with E-state index in [1.807, 2.05) is 12.1 Å². The summed E-state index contributed by atoms with van der Waals surface area (Å²) in [5.74, 6) is -2.14. The van der Waals surface area contributed by atoms with Gasteiger partial charge in [-0.15, -0.1) is 11.3 Å². The molecule has 0 aliphatic carbocycles. The molecule has 11 heteroatoms. The third-order valence-corrected chi connectivity index (χ3v) is 7.68. The highest BCUT2D eigenvalue weighted by Gasteiger charge is 2.39. The predicted octanol–water partition coefficient (Wildman–Crippen LogP) is 4.10. The zero-order valence-electron chi connectivity index (χ0n) is 19.7. The van der Waals surface area contributed by atoms with Crippen LogP contribution in [-0.4, -0.2) is 59.8 Å². The number of ether oxygens (including phenoxy) is 1. The minimum atomic E-state index is -0.650. The molecule has 3 aromatic rings. The van der Waals surface area contributed by atoms with Gasteiger partial charge in [-0.1, -0.05) is 17.7 Å². The number of nitrogens with one attached hydrogen (secondary N) is 1. The van der Waals surface area contributed by atoms with E-state index in [0.29, 0.717) is 9.21 Å². The van der Waals surface area contributed by atoms with Gasteiger partial charge in [-0.3, -0.25) is 29.1 Å². The van der Waals surface area contributed by atoms with E-state index < -0.39 is 30.2 Å². The highest BCUT2D eigenvalue weighted by atomic mass is 35.5. The molecule has 2 aliphatic rings. The van der Waals surface area contributed by atoms with Gasteiger partial charge < -0.3 is 15.0 Å². The fourth-order valence-electron chi connectivity index (χ4n) is 4.50. The number of rotatable bonds is 7. The number of piperidine rings is 1. The molecule has 0 radical (unpaired) electrons. The van der Waals surface area contributed by atoms with Crippen molar-refractivity contribution in [1.29, 1.82) is 0 Å². The van der Waals surface area contributed by atoms with Crippen LogP contribution in [0.15, 0.2) is 54.9 Å². The summed E-state index contributed by atoms with van der Waals surface area (Å²) in [6.07, 6.45) is 5.25. The molecular formula is C26H23ClN4O5S. The van der Waals surface area contributed by atoms with Crippen LogP contribution in [0.3, 0.4) is 0 Å². The van der Waals surface area contributed by atoms with E-state index in [4.69, 9.17) is 16.3 Å². The number of halogens is 1. The number of thiophene rings is 1. The number of anilines is 2. The van der Waals surface area contributed by atoms with E-state index in [2.05, 4.69) is 15.2 Å². The zero-order valence-corrected chi connectivity index (χ0v) is 21.3. The van der Waals surface area contributed by atoms with E-state index in [0.717, 1.165) is 47.9 Å². The van der Waals surface area contributed by atoms with Gasteiger partial charge in [0.05, 0.1) is 32.6 Å². The number of nitrogens with zero attached hydrogens (tertiary/aromatic N) is 3. The van der Waals surface area contributed by atoms with Crippen LogP contribution in [0.25, 0.3) is 0 Å². The minimum absolute atomic E-state index is 0.0554. The lowest BCUT2D eigenvalue weighted by Crippen LogP contribution is -2.38. The van der Waals surface area contributed by atoms with Crippen LogP contribution in [-0.2, 0) is 9.53 Å². The van der Waals surface area contributed by atoms with E-state index in [9.17, 15) is 19.2 Å². The van der Waals surface area contributed by atoms with Gasteiger partial charge in [-0.25, -0.2) is 0 Å². The fraction of sp³-hybridized carbons (Fsp3) is 0.269. The second kappa shape index (κ2) is 10.7. The van der Waals surface area contributed by atoms with Crippen molar-refractivity contribution in [3.63, 3.8) is 0 Å². The minimum Gasteiger partial charge on any atom is -0.464 e. The van der Waals surface area contributed by atoms with E-state index in [-0.39, 0.29) is 29.3 Å². The molecule has 1 saturated heterocycles. The Morgan fingerprint density at radius 1 is 1.05 bits per heavy atom. The van der Waals surface area contributed by atoms with Crippen molar-refractivity contribution >= 4 is 58.0 Å². The monoisotopic (exact) mass is 538 g/mol. The van der Waals surface area contributed by atoms with Gasteiger partial charge in [0.25, 0.3) is 17.7 Å². The van der Waals surface area contributed by atoms with Crippen LogP contribution in [0.1, 0.15) is 43.2 Å². The number of carbonyl (C=O) groups excluding carboxylic acids is 4. The molecule has 1 aromatic carbocycles. The smallest absolute Gasteiger partial charge is 0.326 e. The number of carbonyl (C=O) groups is 4. The van der Waals surface area contributed by atoms with Crippen molar-refractivity contribution in [3.05, 3.63) is 75.2 Å². The molecule has 0 spiro atoms. The van der Waals surface area contributed by atoms with Gasteiger partial charge in [0.2, 0.25) is 0 Å². The summed E-state index contributed by atoms with van der Waals surface area (Å²) in [7, 11) is 0. The van der Waals surface area contributed by atoms with Crippen LogP contribution in [0.2, 0.25) is 4.34 Å². The van der Waals surface area contributed by atoms with Crippen LogP contribution >= 0.6 is 22.9 Å². The molecule has 0 saturated carbocycles. The van der Waals surface area contributed by atoms with Crippen LogP contribution in [0.5, 0.6) is 0 Å². The largest absolute Gasteiger partial charge is 0.464 e. The molecule has 0 unspecified atom stereocenters. The molecule has 5 rings (SSSR count). The number of hydrogen-bond donors (Lipinski definition) is 1. The molecule has 1 N–H and O–H groups in total. The Kier molecular flexibility index (Phi) is 7.20. The van der Waals surface area contributed by atoms with E-state index in [1.54, 1.807) is 30.6 Å². The van der Waals surface area contributed by atoms with Crippen molar-refractivity contribution in [2.75, 3.05) is 36.5 Å². The Morgan fingerprint density at radius 2 is 1.81 bits per heavy atom. The SMILES string of the molecule is O=C(CN1C(=O)c2cccc(NC(=O)c3ccc(Cl)s3)c2C1=O)OCC1CCN(c2ccncc2)CC1. The third-order valence-electron chi connectivity index (χ3n) is 6.45. The molecule has 0 bridgehead atoms. The summed E-state index contributed by atoms with van der Waals surface area (Å²) >= 11 is 7.00.